The largest absolute Gasteiger partial charge is 0.358 e. The van der Waals surface area contributed by atoms with Gasteiger partial charge in [0.2, 0.25) is 5.91 Å². The van der Waals surface area contributed by atoms with E-state index in [-0.39, 0.29) is 17.9 Å². The molecule has 0 bridgehead atoms. The number of likely N-dealkylation sites (N-methyl/N-ethyl adjacent to an activating group) is 1. The van der Waals surface area contributed by atoms with Crippen LogP contribution in [0.4, 0.5) is 5.82 Å². The van der Waals surface area contributed by atoms with E-state index in [1.54, 1.807) is 6.20 Å². The Morgan fingerprint density at radius 3 is 2.94 bits per heavy atom. The van der Waals surface area contributed by atoms with Crippen molar-refractivity contribution in [3.8, 4) is 0 Å². The summed E-state index contributed by atoms with van der Waals surface area (Å²) >= 11 is 0. The van der Waals surface area contributed by atoms with Gasteiger partial charge in [0.25, 0.3) is 5.91 Å². The first kappa shape index (κ1) is 11.6. The smallest absolute Gasteiger partial charge is 0.251 e. The number of aryl methyl sites for hydroxylation is 1. The fourth-order valence-electron chi connectivity index (χ4n) is 1.84. The number of anilines is 1. The van der Waals surface area contributed by atoms with E-state index >= 15 is 0 Å². The SMILES string of the molecule is Cc1ccnc(NC2CCC(=O)N(C)C2=O)c1. The van der Waals surface area contributed by atoms with Crippen LogP contribution in [0.5, 0.6) is 0 Å². The lowest BCUT2D eigenvalue weighted by Crippen LogP contribution is -2.48. The molecule has 5 nitrogen and oxygen atoms in total. The Kier molecular flexibility index (Phi) is 3.08. The normalized spacial score (nSPS) is 20.6. The number of carbonyl (C=O) groups is 2. The number of pyridine rings is 1. The van der Waals surface area contributed by atoms with Crippen LogP contribution in [0.1, 0.15) is 18.4 Å². The lowest BCUT2D eigenvalue weighted by molar-refractivity contribution is -0.146. The minimum atomic E-state index is -0.355. The number of imide groups is 1. The van der Waals surface area contributed by atoms with Crippen LogP contribution in [0, 0.1) is 6.92 Å². The molecule has 90 valence electrons. The third-order valence-electron chi connectivity index (χ3n) is 2.89. The highest BCUT2D eigenvalue weighted by Gasteiger charge is 2.31. The van der Waals surface area contributed by atoms with Gasteiger partial charge in [0.05, 0.1) is 0 Å². The van der Waals surface area contributed by atoms with E-state index < -0.39 is 0 Å². The van der Waals surface area contributed by atoms with Crippen LogP contribution in [0.25, 0.3) is 0 Å². The van der Waals surface area contributed by atoms with E-state index in [0.29, 0.717) is 18.7 Å². The predicted molar refractivity (Wildman–Crippen MR) is 63.4 cm³/mol. The fourth-order valence-corrected chi connectivity index (χ4v) is 1.84. The summed E-state index contributed by atoms with van der Waals surface area (Å²) in [6.07, 6.45) is 2.61. The van der Waals surface area contributed by atoms with Crippen LogP contribution < -0.4 is 5.32 Å². The first-order chi connectivity index (χ1) is 8.08. The molecule has 0 spiro atoms. The Bertz CT molecular complexity index is 459. The lowest BCUT2D eigenvalue weighted by atomic mass is 10.0. The molecule has 1 aromatic heterocycles. The number of likely N-dealkylation sites (tertiary alicyclic amines) is 1. The molecular formula is C12H15N3O2. The van der Waals surface area contributed by atoms with Gasteiger partial charge in [0, 0.05) is 19.7 Å². The Morgan fingerprint density at radius 1 is 1.47 bits per heavy atom. The highest BCUT2D eigenvalue weighted by atomic mass is 16.2. The summed E-state index contributed by atoms with van der Waals surface area (Å²) in [5, 5.41) is 3.07. The number of nitrogens with one attached hydrogen (secondary N) is 1. The van der Waals surface area contributed by atoms with Crippen LogP contribution in [0.3, 0.4) is 0 Å². The van der Waals surface area contributed by atoms with Gasteiger partial charge in [-0.1, -0.05) is 0 Å². The highest BCUT2D eigenvalue weighted by molar-refractivity contribution is 6.01. The van der Waals surface area contributed by atoms with E-state index in [2.05, 4.69) is 10.3 Å². The number of nitrogens with zero attached hydrogens (tertiary/aromatic N) is 2. The summed E-state index contributed by atoms with van der Waals surface area (Å²) in [6.45, 7) is 1.96. The number of amides is 2. The summed E-state index contributed by atoms with van der Waals surface area (Å²) < 4.78 is 0. The number of rotatable bonds is 2. The van der Waals surface area contributed by atoms with E-state index in [1.807, 2.05) is 19.1 Å². The van der Waals surface area contributed by atoms with Gasteiger partial charge in [-0.3, -0.25) is 14.5 Å². The lowest BCUT2D eigenvalue weighted by Gasteiger charge is -2.28. The molecule has 0 saturated carbocycles. The third kappa shape index (κ3) is 2.43. The predicted octanol–water partition coefficient (Wildman–Crippen LogP) is 0.949. The van der Waals surface area contributed by atoms with Gasteiger partial charge in [-0.05, 0) is 31.0 Å². The maximum Gasteiger partial charge on any atom is 0.251 e. The third-order valence-corrected chi connectivity index (χ3v) is 2.89. The molecule has 1 aromatic rings. The molecule has 1 N–H and O–H groups in total. The molecule has 1 fully saturated rings. The van der Waals surface area contributed by atoms with Crippen molar-refractivity contribution in [1.29, 1.82) is 0 Å². The van der Waals surface area contributed by atoms with E-state index in [0.717, 1.165) is 5.56 Å². The zero-order chi connectivity index (χ0) is 12.4. The van der Waals surface area contributed by atoms with Crippen LogP contribution in [0.15, 0.2) is 18.3 Å². The van der Waals surface area contributed by atoms with Gasteiger partial charge in [0.15, 0.2) is 0 Å². The molecule has 2 heterocycles. The molecule has 0 aliphatic carbocycles. The fraction of sp³-hybridized carbons (Fsp3) is 0.417. The second kappa shape index (κ2) is 4.53. The summed E-state index contributed by atoms with van der Waals surface area (Å²) in [5.74, 6) is 0.362. The van der Waals surface area contributed by atoms with Crippen LogP contribution in [-0.2, 0) is 9.59 Å². The van der Waals surface area contributed by atoms with Crippen LogP contribution in [-0.4, -0.2) is 34.8 Å². The molecule has 1 aliphatic heterocycles. The number of piperidine rings is 1. The molecule has 5 heteroatoms. The van der Waals surface area contributed by atoms with Crippen molar-refractivity contribution in [2.75, 3.05) is 12.4 Å². The van der Waals surface area contributed by atoms with E-state index in [9.17, 15) is 9.59 Å². The Morgan fingerprint density at radius 2 is 2.24 bits per heavy atom. The Hall–Kier alpha value is -1.91. The second-order valence-corrected chi connectivity index (χ2v) is 4.25. The molecule has 1 saturated heterocycles. The zero-order valence-corrected chi connectivity index (χ0v) is 9.93. The molecule has 0 radical (unpaired) electrons. The van der Waals surface area contributed by atoms with E-state index in [1.165, 1.54) is 11.9 Å². The van der Waals surface area contributed by atoms with Gasteiger partial charge < -0.3 is 5.32 Å². The average Bonchev–Trinajstić information content (AvgIpc) is 2.30. The molecule has 1 atom stereocenters. The topological polar surface area (TPSA) is 62.3 Å². The number of hydrogen-bond donors (Lipinski definition) is 1. The number of hydrogen-bond acceptors (Lipinski definition) is 4. The van der Waals surface area contributed by atoms with Crippen molar-refractivity contribution < 1.29 is 9.59 Å². The molecular weight excluding hydrogens is 218 g/mol. The number of aromatic nitrogens is 1. The molecule has 2 rings (SSSR count). The maximum atomic E-state index is 11.8. The highest BCUT2D eigenvalue weighted by Crippen LogP contribution is 2.16. The first-order valence-corrected chi connectivity index (χ1v) is 5.57. The standard InChI is InChI=1S/C12H15N3O2/c1-8-5-6-13-10(7-8)14-9-3-4-11(16)15(2)12(9)17/h5-7,9H,3-4H2,1-2H3,(H,13,14). The number of carbonyl (C=O) groups excluding carboxylic acids is 2. The summed E-state index contributed by atoms with van der Waals surface area (Å²) in [4.78, 5) is 28.5. The van der Waals surface area contributed by atoms with Crippen molar-refractivity contribution >= 4 is 17.6 Å². The quantitative estimate of drug-likeness (QED) is 0.772. The minimum Gasteiger partial charge on any atom is -0.358 e. The zero-order valence-electron chi connectivity index (χ0n) is 9.93. The van der Waals surface area contributed by atoms with Gasteiger partial charge >= 0.3 is 0 Å². The summed E-state index contributed by atoms with van der Waals surface area (Å²) in [7, 11) is 1.52. The molecule has 2 amide bonds. The average molecular weight is 233 g/mol. The van der Waals surface area contributed by atoms with Crippen LogP contribution >= 0.6 is 0 Å². The second-order valence-electron chi connectivity index (χ2n) is 4.25. The molecule has 1 unspecified atom stereocenters. The van der Waals surface area contributed by atoms with Crippen molar-refractivity contribution in [2.45, 2.75) is 25.8 Å². The maximum absolute atomic E-state index is 11.8. The first-order valence-electron chi connectivity index (χ1n) is 5.57. The molecule has 1 aliphatic rings. The van der Waals surface area contributed by atoms with Gasteiger partial charge in [-0.2, -0.15) is 0 Å². The summed E-state index contributed by atoms with van der Waals surface area (Å²) in [5.41, 5.74) is 1.08. The molecule has 17 heavy (non-hydrogen) atoms. The summed E-state index contributed by atoms with van der Waals surface area (Å²) in [6, 6.07) is 3.42. The minimum absolute atomic E-state index is 0.120. The van der Waals surface area contributed by atoms with E-state index in [4.69, 9.17) is 0 Å². The van der Waals surface area contributed by atoms with Crippen LogP contribution in [0.2, 0.25) is 0 Å². The van der Waals surface area contributed by atoms with Gasteiger partial charge in [-0.15, -0.1) is 0 Å². The van der Waals surface area contributed by atoms with Gasteiger partial charge in [-0.25, -0.2) is 4.98 Å². The van der Waals surface area contributed by atoms with Crippen molar-refractivity contribution in [2.24, 2.45) is 0 Å². The van der Waals surface area contributed by atoms with Crippen molar-refractivity contribution in [3.05, 3.63) is 23.9 Å². The van der Waals surface area contributed by atoms with Gasteiger partial charge in [0.1, 0.15) is 11.9 Å². The van der Waals surface area contributed by atoms with Crippen molar-refractivity contribution in [1.82, 2.24) is 9.88 Å². The van der Waals surface area contributed by atoms with Crippen molar-refractivity contribution in [3.63, 3.8) is 0 Å². The Labute approximate surface area is 99.8 Å². The molecule has 0 aromatic carbocycles. The monoisotopic (exact) mass is 233 g/mol. The Balaban J connectivity index is 2.09.